The van der Waals surface area contributed by atoms with Crippen LogP contribution in [0.3, 0.4) is 0 Å². The number of hydrogen-bond donors (Lipinski definition) is 2. The third-order valence-electron chi connectivity index (χ3n) is 1.89. The van der Waals surface area contributed by atoms with Crippen LogP contribution < -0.4 is 0 Å². The summed E-state index contributed by atoms with van der Waals surface area (Å²) >= 11 is 0. The van der Waals surface area contributed by atoms with Gasteiger partial charge < -0.3 is 14.7 Å². The lowest BCUT2D eigenvalue weighted by Gasteiger charge is -2.17. The van der Waals surface area contributed by atoms with Crippen LogP contribution in [0, 0.1) is 6.92 Å². The normalized spacial score (nSPS) is 11.1. The molecule has 0 amide bonds. The molecule has 0 atom stereocenters. The zero-order chi connectivity index (χ0) is 10.4. The van der Waals surface area contributed by atoms with Gasteiger partial charge in [0.15, 0.2) is 5.76 Å². The highest BCUT2D eigenvalue weighted by Crippen LogP contribution is 2.05. The lowest BCUT2D eigenvalue weighted by atomic mass is 10.3. The van der Waals surface area contributed by atoms with Gasteiger partial charge in [-0.2, -0.15) is 0 Å². The maximum Gasteiger partial charge on any atom is 0.150 e. The van der Waals surface area contributed by atoms with Crippen LogP contribution in [0.1, 0.15) is 11.5 Å². The summed E-state index contributed by atoms with van der Waals surface area (Å²) in [6, 6.07) is 1.85. The molecular formula is C9H16N2O3. The van der Waals surface area contributed by atoms with Gasteiger partial charge in [-0.25, -0.2) is 0 Å². The first-order valence-electron chi connectivity index (χ1n) is 4.62. The Morgan fingerprint density at radius 3 is 2.43 bits per heavy atom. The summed E-state index contributed by atoms with van der Waals surface area (Å²) in [6.07, 6.45) is 0. The molecule has 80 valence electrons. The number of aliphatic hydroxyl groups is 2. The number of aryl methyl sites for hydroxylation is 1. The monoisotopic (exact) mass is 200 g/mol. The minimum atomic E-state index is 0.0765. The van der Waals surface area contributed by atoms with Crippen molar-refractivity contribution < 1.29 is 14.7 Å². The molecule has 0 aliphatic rings. The lowest BCUT2D eigenvalue weighted by molar-refractivity contribution is 0.145. The van der Waals surface area contributed by atoms with Gasteiger partial charge in [-0.1, -0.05) is 5.16 Å². The van der Waals surface area contributed by atoms with E-state index < -0.39 is 0 Å². The summed E-state index contributed by atoms with van der Waals surface area (Å²) in [5, 5.41) is 21.3. The predicted octanol–water partition coefficient (Wildman–Crippen LogP) is -0.230. The smallest absolute Gasteiger partial charge is 0.150 e. The van der Waals surface area contributed by atoms with E-state index in [4.69, 9.17) is 14.7 Å². The molecule has 1 aromatic rings. The molecule has 1 aromatic heterocycles. The SMILES string of the molecule is Cc1cc(CN(CCO)CCO)on1. The Balaban J connectivity index is 2.46. The fraction of sp³-hybridized carbons (Fsp3) is 0.667. The molecule has 0 saturated carbocycles. The Morgan fingerprint density at radius 2 is 2.00 bits per heavy atom. The van der Waals surface area contributed by atoms with Crippen LogP contribution in [0.15, 0.2) is 10.6 Å². The fourth-order valence-corrected chi connectivity index (χ4v) is 1.26. The fourth-order valence-electron chi connectivity index (χ4n) is 1.26. The molecule has 0 bridgehead atoms. The summed E-state index contributed by atoms with van der Waals surface area (Å²) in [4.78, 5) is 1.90. The van der Waals surface area contributed by atoms with Crippen LogP contribution in [-0.4, -0.2) is 46.6 Å². The largest absolute Gasteiger partial charge is 0.395 e. The molecule has 2 N–H and O–H groups in total. The van der Waals surface area contributed by atoms with Crippen LogP contribution in [0.25, 0.3) is 0 Å². The maximum atomic E-state index is 8.78. The maximum absolute atomic E-state index is 8.78. The van der Waals surface area contributed by atoms with Crippen molar-refractivity contribution in [1.82, 2.24) is 10.1 Å². The molecule has 5 heteroatoms. The van der Waals surface area contributed by atoms with Crippen molar-refractivity contribution in [3.63, 3.8) is 0 Å². The number of nitrogens with zero attached hydrogens (tertiary/aromatic N) is 2. The van der Waals surface area contributed by atoms with Gasteiger partial charge in [0, 0.05) is 19.2 Å². The molecule has 14 heavy (non-hydrogen) atoms. The highest BCUT2D eigenvalue weighted by Gasteiger charge is 2.08. The first-order valence-corrected chi connectivity index (χ1v) is 4.62. The van der Waals surface area contributed by atoms with Crippen molar-refractivity contribution in [3.8, 4) is 0 Å². The van der Waals surface area contributed by atoms with Crippen molar-refractivity contribution in [2.75, 3.05) is 26.3 Å². The average Bonchev–Trinajstić information content (AvgIpc) is 2.52. The highest BCUT2D eigenvalue weighted by molar-refractivity contribution is 5.02. The van der Waals surface area contributed by atoms with Crippen LogP contribution in [0.4, 0.5) is 0 Å². The number of rotatable bonds is 6. The Bertz CT molecular complexity index is 256. The van der Waals surface area contributed by atoms with Crippen LogP contribution in [0.2, 0.25) is 0 Å². The third-order valence-corrected chi connectivity index (χ3v) is 1.89. The van der Waals surface area contributed by atoms with E-state index in [9.17, 15) is 0 Å². The third kappa shape index (κ3) is 3.45. The zero-order valence-electron chi connectivity index (χ0n) is 8.31. The number of hydrogen-bond acceptors (Lipinski definition) is 5. The Hall–Kier alpha value is -0.910. The molecule has 1 heterocycles. The van der Waals surface area contributed by atoms with E-state index in [0.717, 1.165) is 11.5 Å². The average molecular weight is 200 g/mol. The van der Waals surface area contributed by atoms with Gasteiger partial charge in [0.25, 0.3) is 0 Å². The molecule has 0 unspecified atom stereocenters. The number of aromatic nitrogens is 1. The van der Waals surface area contributed by atoms with E-state index in [1.165, 1.54) is 0 Å². The van der Waals surface area contributed by atoms with Gasteiger partial charge in [0.1, 0.15) is 0 Å². The van der Waals surface area contributed by atoms with E-state index in [1.807, 2.05) is 17.9 Å². The molecule has 0 radical (unpaired) electrons. The van der Waals surface area contributed by atoms with E-state index in [0.29, 0.717) is 19.6 Å². The first-order chi connectivity index (χ1) is 6.76. The van der Waals surface area contributed by atoms with E-state index in [2.05, 4.69) is 5.16 Å². The second-order valence-corrected chi connectivity index (χ2v) is 3.16. The van der Waals surface area contributed by atoms with E-state index >= 15 is 0 Å². The van der Waals surface area contributed by atoms with Crippen molar-refractivity contribution in [2.45, 2.75) is 13.5 Å². The van der Waals surface area contributed by atoms with Crippen molar-refractivity contribution >= 4 is 0 Å². The van der Waals surface area contributed by atoms with Gasteiger partial charge in [-0.05, 0) is 6.92 Å². The summed E-state index contributed by atoms with van der Waals surface area (Å²) in [7, 11) is 0. The summed E-state index contributed by atoms with van der Waals surface area (Å²) in [6.45, 7) is 3.64. The van der Waals surface area contributed by atoms with Gasteiger partial charge in [0.2, 0.25) is 0 Å². The quantitative estimate of drug-likeness (QED) is 0.663. The molecule has 0 aliphatic carbocycles. The van der Waals surface area contributed by atoms with E-state index in [-0.39, 0.29) is 13.2 Å². The Kier molecular flexibility index (Phi) is 4.58. The summed E-state index contributed by atoms with van der Waals surface area (Å²) < 4.78 is 5.03. The van der Waals surface area contributed by atoms with Crippen LogP contribution in [0.5, 0.6) is 0 Å². The molecule has 0 fully saturated rings. The molecule has 0 aliphatic heterocycles. The van der Waals surface area contributed by atoms with Crippen LogP contribution >= 0.6 is 0 Å². The van der Waals surface area contributed by atoms with Gasteiger partial charge >= 0.3 is 0 Å². The summed E-state index contributed by atoms with van der Waals surface area (Å²) in [5.74, 6) is 0.754. The minimum Gasteiger partial charge on any atom is -0.395 e. The number of aliphatic hydroxyl groups excluding tert-OH is 2. The highest BCUT2D eigenvalue weighted by atomic mass is 16.5. The lowest BCUT2D eigenvalue weighted by Crippen LogP contribution is -2.29. The van der Waals surface area contributed by atoms with Crippen molar-refractivity contribution in [1.29, 1.82) is 0 Å². The van der Waals surface area contributed by atoms with E-state index in [1.54, 1.807) is 0 Å². The molecule has 1 rings (SSSR count). The standard InChI is InChI=1S/C9H16N2O3/c1-8-6-9(14-10-8)7-11(2-4-12)3-5-13/h6,12-13H,2-5,7H2,1H3. The second kappa shape index (κ2) is 5.74. The molecule has 0 aromatic carbocycles. The molecular weight excluding hydrogens is 184 g/mol. The minimum absolute atomic E-state index is 0.0765. The van der Waals surface area contributed by atoms with Gasteiger partial charge in [-0.3, -0.25) is 4.90 Å². The Labute approximate surface area is 82.9 Å². The predicted molar refractivity (Wildman–Crippen MR) is 50.7 cm³/mol. The van der Waals surface area contributed by atoms with Gasteiger partial charge in [-0.15, -0.1) is 0 Å². The van der Waals surface area contributed by atoms with Crippen molar-refractivity contribution in [2.24, 2.45) is 0 Å². The molecule has 0 saturated heterocycles. The topological polar surface area (TPSA) is 69.7 Å². The summed E-state index contributed by atoms with van der Waals surface area (Å²) in [5.41, 5.74) is 0.841. The second-order valence-electron chi connectivity index (χ2n) is 3.16. The van der Waals surface area contributed by atoms with Crippen LogP contribution in [-0.2, 0) is 6.54 Å². The van der Waals surface area contributed by atoms with Gasteiger partial charge in [0.05, 0.1) is 25.5 Å². The Morgan fingerprint density at radius 1 is 1.36 bits per heavy atom. The zero-order valence-corrected chi connectivity index (χ0v) is 8.31. The molecule has 0 spiro atoms. The molecule has 5 nitrogen and oxygen atoms in total. The van der Waals surface area contributed by atoms with Crippen molar-refractivity contribution in [3.05, 3.63) is 17.5 Å². The first kappa shape index (κ1) is 11.2.